The average molecular weight is 316 g/mol. The van der Waals surface area contributed by atoms with Crippen LogP contribution in [0.4, 0.5) is 0 Å². The second kappa shape index (κ2) is 7.09. The Morgan fingerprint density at radius 3 is 2.08 bits per heavy atom. The van der Waals surface area contributed by atoms with Gasteiger partial charge in [0.25, 0.3) is 5.91 Å². The lowest BCUT2D eigenvalue weighted by Crippen LogP contribution is -2.26. The largest absolute Gasteiger partial charge is 0.346 e. The molecule has 1 amide bonds. The van der Waals surface area contributed by atoms with E-state index in [1.807, 2.05) is 55.5 Å². The second-order valence-corrected chi connectivity index (χ2v) is 5.92. The van der Waals surface area contributed by atoms with Crippen LogP contribution in [0.1, 0.15) is 34.5 Å². The Kier molecular flexibility index (Phi) is 4.71. The molecule has 24 heavy (non-hydrogen) atoms. The van der Waals surface area contributed by atoms with Crippen LogP contribution in [0.3, 0.4) is 0 Å². The Balaban J connectivity index is 1.70. The lowest BCUT2D eigenvalue weighted by Gasteiger charge is -2.15. The first-order valence-electron chi connectivity index (χ1n) is 8.01. The summed E-state index contributed by atoms with van der Waals surface area (Å²) < 4.78 is 0. The van der Waals surface area contributed by atoms with E-state index in [1.54, 1.807) is 12.4 Å². The minimum absolute atomic E-state index is 0.0297. The molecule has 0 saturated heterocycles. The monoisotopic (exact) mass is 316 g/mol. The van der Waals surface area contributed by atoms with E-state index in [1.165, 1.54) is 5.56 Å². The van der Waals surface area contributed by atoms with E-state index in [2.05, 4.69) is 29.4 Å². The molecule has 0 spiro atoms. The van der Waals surface area contributed by atoms with Gasteiger partial charge in [0.15, 0.2) is 0 Å². The van der Waals surface area contributed by atoms with Crippen molar-refractivity contribution in [3.05, 3.63) is 89.7 Å². The highest BCUT2D eigenvalue weighted by Gasteiger charge is 2.11. The first kappa shape index (κ1) is 15.9. The highest BCUT2D eigenvalue weighted by atomic mass is 16.1. The number of benzene rings is 2. The fraction of sp³-hybridized carbons (Fsp3) is 0.143. The van der Waals surface area contributed by atoms with Crippen LogP contribution >= 0.6 is 0 Å². The number of hydrogen-bond donors (Lipinski definition) is 1. The summed E-state index contributed by atoms with van der Waals surface area (Å²) in [6.45, 7) is 4.05. The average Bonchev–Trinajstić information content (AvgIpc) is 2.63. The lowest BCUT2D eigenvalue weighted by molar-refractivity contribution is 0.0940. The summed E-state index contributed by atoms with van der Waals surface area (Å²) >= 11 is 0. The summed E-state index contributed by atoms with van der Waals surface area (Å²) in [6, 6.07) is 19.7. The topological polar surface area (TPSA) is 42.0 Å². The van der Waals surface area contributed by atoms with Crippen molar-refractivity contribution in [1.29, 1.82) is 0 Å². The van der Waals surface area contributed by atoms with Crippen molar-refractivity contribution in [3.8, 4) is 11.1 Å². The van der Waals surface area contributed by atoms with Crippen molar-refractivity contribution >= 4 is 5.91 Å². The Morgan fingerprint density at radius 1 is 0.875 bits per heavy atom. The molecule has 1 atom stereocenters. The quantitative estimate of drug-likeness (QED) is 0.767. The molecule has 0 fully saturated rings. The van der Waals surface area contributed by atoms with Crippen LogP contribution in [0, 0.1) is 6.92 Å². The van der Waals surface area contributed by atoms with Gasteiger partial charge in [-0.05, 0) is 54.8 Å². The number of pyridine rings is 1. The number of aromatic nitrogens is 1. The van der Waals surface area contributed by atoms with Gasteiger partial charge in [0, 0.05) is 18.0 Å². The maximum atomic E-state index is 12.4. The van der Waals surface area contributed by atoms with Gasteiger partial charge in [-0.2, -0.15) is 0 Å². The number of amides is 1. The van der Waals surface area contributed by atoms with Gasteiger partial charge in [0.05, 0.1) is 6.04 Å². The molecule has 3 aromatic rings. The molecule has 120 valence electrons. The molecular formula is C21H20N2O. The number of hydrogen-bond acceptors (Lipinski definition) is 2. The zero-order valence-corrected chi connectivity index (χ0v) is 13.9. The minimum Gasteiger partial charge on any atom is -0.346 e. The molecule has 0 radical (unpaired) electrons. The second-order valence-electron chi connectivity index (χ2n) is 5.92. The molecule has 3 nitrogen and oxygen atoms in total. The molecule has 0 saturated carbocycles. The number of nitrogens with one attached hydrogen (secondary N) is 1. The van der Waals surface area contributed by atoms with Crippen LogP contribution in [0.5, 0.6) is 0 Å². The predicted octanol–water partition coefficient (Wildman–Crippen LogP) is 4.55. The number of aryl methyl sites for hydroxylation is 1. The first-order valence-corrected chi connectivity index (χ1v) is 8.01. The van der Waals surface area contributed by atoms with Crippen molar-refractivity contribution in [2.45, 2.75) is 19.9 Å². The number of rotatable bonds is 4. The molecule has 0 aliphatic rings. The fourth-order valence-corrected chi connectivity index (χ4v) is 2.58. The van der Waals surface area contributed by atoms with Gasteiger partial charge in [0.2, 0.25) is 0 Å². The van der Waals surface area contributed by atoms with Gasteiger partial charge < -0.3 is 5.32 Å². The Bertz CT molecular complexity index is 809. The third kappa shape index (κ3) is 3.69. The van der Waals surface area contributed by atoms with Crippen LogP contribution in [0.15, 0.2) is 73.1 Å². The Hall–Kier alpha value is -2.94. The highest BCUT2D eigenvalue weighted by Crippen LogP contribution is 2.19. The van der Waals surface area contributed by atoms with Crippen molar-refractivity contribution < 1.29 is 4.79 Å². The van der Waals surface area contributed by atoms with Crippen LogP contribution in [-0.4, -0.2) is 10.9 Å². The van der Waals surface area contributed by atoms with Gasteiger partial charge in [-0.25, -0.2) is 0 Å². The highest BCUT2D eigenvalue weighted by molar-refractivity contribution is 5.94. The molecule has 0 aliphatic heterocycles. The van der Waals surface area contributed by atoms with E-state index in [0.29, 0.717) is 5.56 Å². The van der Waals surface area contributed by atoms with E-state index in [0.717, 1.165) is 16.7 Å². The summed E-state index contributed by atoms with van der Waals surface area (Å²) in [5, 5.41) is 3.04. The molecule has 1 N–H and O–H groups in total. The number of nitrogens with zero attached hydrogens (tertiary/aromatic N) is 1. The van der Waals surface area contributed by atoms with Crippen LogP contribution < -0.4 is 5.32 Å². The summed E-state index contributed by atoms with van der Waals surface area (Å²) in [6.07, 6.45) is 3.53. The standard InChI is InChI=1S/C21H20N2O/c1-15-3-5-17(6-4-15)16(2)23-21(24)20-9-7-18(8-10-20)19-11-13-22-14-12-19/h3-14,16H,1-2H3,(H,23,24). The Morgan fingerprint density at radius 2 is 1.46 bits per heavy atom. The van der Waals surface area contributed by atoms with Gasteiger partial charge >= 0.3 is 0 Å². The minimum atomic E-state index is -0.0654. The molecule has 0 aliphatic carbocycles. The van der Waals surface area contributed by atoms with Crippen LogP contribution in [-0.2, 0) is 0 Å². The van der Waals surface area contributed by atoms with Gasteiger partial charge in [-0.3, -0.25) is 9.78 Å². The SMILES string of the molecule is Cc1ccc(C(C)NC(=O)c2ccc(-c3ccncc3)cc2)cc1. The molecule has 1 heterocycles. The molecule has 0 bridgehead atoms. The first-order chi connectivity index (χ1) is 11.6. The van der Waals surface area contributed by atoms with E-state index >= 15 is 0 Å². The van der Waals surface area contributed by atoms with E-state index in [4.69, 9.17) is 0 Å². The number of carbonyl (C=O) groups excluding carboxylic acids is 1. The number of carbonyl (C=O) groups is 1. The normalized spacial score (nSPS) is 11.8. The summed E-state index contributed by atoms with van der Waals surface area (Å²) in [5.74, 6) is -0.0654. The van der Waals surface area contributed by atoms with Crippen molar-refractivity contribution in [2.75, 3.05) is 0 Å². The third-order valence-electron chi connectivity index (χ3n) is 4.09. The zero-order valence-electron chi connectivity index (χ0n) is 13.9. The summed E-state index contributed by atoms with van der Waals surface area (Å²) in [5.41, 5.74) is 5.13. The predicted molar refractivity (Wildman–Crippen MR) is 96.7 cm³/mol. The lowest BCUT2D eigenvalue weighted by atomic mass is 10.0. The molecule has 1 aromatic heterocycles. The van der Waals surface area contributed by atoms with Gasteiger partial charge in [0.1, 0.15) is 0 Å². The summed E-state index contributed by atoms with van der Waals surface area (Å²) in [4.78, 5) is 16.4. The van der Waals surface area contributed by atoms with Crippen LogP contribution in [0.2, 0.25) is 0 Å². The van der Waals surface area contributed by atoms with Gasteiger partial charge in [-0.1, -0.05) is 42.0 Å². The Labute approximate surface area is 142 Å². The van der Waals surface area contributed by atoms with Crippen molar-refractivity contribution in [2.24, 2.45) is 0 Å². The zero-order chi connectivity index (χ0) is 16.9. The fourth-order valence-electron chi connectivity index (χ4n) is 2.58. The van der Waals surface area contributed by atoms with Crippen molar-refractivity contribution in [3.63, 3.8) is 0 Å². The van der Waals surface area contributed by atoms with E-state index < -0.39 is 0 Å². The van der Waals surface area contributed by atoms with Crippen LogP contribution in [0.25, 0.3) is 11.1 Å². The smallest absolute Gasteiger partial charge is 0.251 e. The van der Waals surface area contributed by atoms with E-state index in [9.17, 15) is 4.79 Å². The maximum absolute atomic E-state index is 12.4. The maximum Gasteiger partial charge on any atom is 0.251 e. The van der Waals surface area contributed by atoms with E-state index in [-0.39, 0.29) is 11.9 Å². The third-order valence-corrected chi connectivity index (χ3v) is 4.09. The molecule has 2 aromatic carbocycles. The molecule has 1 unspecified atom stereocenters. The molecule has 3 rings (SSSR count). The van der Waals surface area contributed by atoms with Crippen molar-refractivity contribution in [1.82, 2.24) is 10.3 Å². The molecular weight excluding hydrogens is 296 g/mol. The molecule has 3 heteroatoms. The van der Waals surface area contributed by atoms with Gasteiger partial charge in [-0.15, -0.1) is 0 Å². The summed E-state index contributed by atoms with van der Waals surface area (Å²) in [7, 11) is 0.